The molecule has 0 bridgehead atoms. The number of ether oxygens (including phenoxy) is 2. The van der Waals surface area contributed by atoms with Gasteiger partial charge in [0.15, 0.2) is 0 Å². The van der Waals surface area contributed by atoms with Crippen LogP contribution in [0.15, 0.2) is 48.5 Å². The molecule has 2 rings (SSSR count). The smallest absolute Gasteiger partial charge is 0.232 e. The Labute approximate surface area is 189 Å². The van der Waals surface area contributed by atoms with Crippen LogP contribution in [0.25, 0.3) is 0 Å². The maximum Gasteiger partial charge on any atom is 0.232 e. The predicted octanol–water partition coefficient (Wildman–Crippen LogP) is 3.87. The second-order valence-electron chi connectivity index (χ2n) is 7.25. The predicted molar refractivity (Wildman–Crippen MR) is 124 cm³/mol. The highest BCUT2D eigenvalue weighted by Gasteiger charge is 2.18. The van der Waals surface area contributed by atoms with E-state index in [9.17, 15) is 13.2 Å². The first-order chi connectivity index (χ1) is 14.6. The molecule has 0 fully saturated rings. The summed E-state index contributed by atoms with van der Waals surface area (Å²) in [6.45, 7) is 4.68. The lowest BCUT2D eigenvalue weighted by Crippen LogP contribution is -2.33. The van der Waals surface area contributed by atoms with Crippen LogP contribution in [-0.4, -0.2) is 46.4 Å². The SMILES string of the molecule is CC(C)Oc1cccc(N(CCCC(=O)NCCOc2ccc(Cl)cc2)S(C)(=O)=O)c1. The van der Waals surface area contributed by atoms with Crippen LogP contribution in [0.1, 0.15) is 26.7 Å². The van der Waals surface area contributed by atoms with Crippen molar-refractivity contribution < 1.29 is 22.7 Å². The number of benzene rings is 2. The Morgan fingerprint density at radius 2 is 1.84 bits per heavy atom. The number of anilines is 1. The number of halogens is 1. The van der Waals surface area contributed by atoms with Crippen LogP contribution >= 0.6 is 11.6 Å². The van der Waals surface area contributed by atoms with E-state index in [0.29, 0.717) is 41.8 Å². The van der Waals surface area contributed by atoms with Gasteiger partial charge in [-0.1, -0.05) is 17.7 Å². The number of hydrogen-bond donors (Lipinski definition) is 1. The Hall–Kier alpha value is -2.45. The molecule has 2 aromatic carbocycles. The Morgan fingerprint density at radius 1 is 1.13 bits per heavy atom. The summed E-state index contributed by atoms with van der Waals surface area (Å²) in [6, 6.07) is 13.9. The molecular weight excluding hydrogens is 440 g/mol. The van der Waals surface area contributed by atoms with Gasteiger partial charge in [0.2, 0.25) is 15.9 Å². The Bertz CT molecular complexity index is 949. The van der Waals surface area contributed by atoms with Crippen molar-refractivity contribution in [1.82, 2.24) is 5.32 Å². The molecule has 0 saturated carbocycles. The van der Waals surface area contributed by atoms with Crippen LogP contribution in [0.5, 0.6) is 11.5 Å². The van der Waals surface area contributed by atoms with Crippen LogP contribution in [0.4, 0.5) is 5.69 Å². The van der Waals surface area contributed by atoms with Crippen LogP contribution in [-0.2, 0) is 14.8 Å². The van der Waals surface area contributed by atoms with E-state index in [4.69, 9.17) is 21.1 Å². The highest BCUT2D eigenvalue weighted by atomic mass is 35.5. The zero-order chi connectivity index (χ0) is 22.9. The topological polar surface area (TPSA) is 84.9 Å². The van der Waals surface area contributed by atoms with Gasteiger partial charge in [0.1, 0.15) is 18.1 Å². The summed E-state index contributed by atoms with van der Waals surface area (Å²) in [5.41, 5.74) is 0.512. The van der Waals surface area contributed by atoms with E-state index in [-0.39, 0.29) is 25.0 Å². The zero-order valence-electron chi connectivity index (χ0n) is 18.0. The molecule has 0 heterocycles. The summed E-state index contributed by atoms with van der Waals surface area (Å²) >= 11 is 5.82. The lowest BCUT2D eigenvalue weighted by atomic mass is 10.2. The maximum absolute atomic E-state index is 12.3. The van der Waals surface area contributed by atoms with Gasteiger partial charge in [-0.3, -0.25) is 9.10 Å². The number of sulfonamides is 1. The molecule has 0 aliphatic heterocycles. The van der Waals surface area contributed by atoms with Crippen molar-refractivity contribution in [1.29, 1.82) is 0 Å². The molecule has 0 aliphatic rings. The molecule has 7 nitrogen and oxygen atoms in total. The molecule has 9 heteroatoms. The summed E-state index contributed by atoms with van der Waals surface area (Å²) in [6.07, 6.45) is 1.72. The lowest BCUT2D eigenvalue weighted by Gasteiger charge is -2.23. The van der Waals surface area contributed by atoms with Gasteiger partial charge in [0, 0.05) is 24.1 Å². The van der Waals surface area contributed by atoms with Crippen molar-refractivity contribution in [2.24, 2.45) is 0 Å². The third-order valence-corrected chi connectivity index (χ3v) is 5.60. The first kappa shape index (κ1) is 24.8. The molecule has 2 aromatic rings. The molecule has 31 heavy (non-hydrogen) atoms. The van der Waals surface area contributed by atoms with E-state index >= 15 is 0 Å². The average molecular weight is 469 g/mol. The summed E-state index contributed by atoms with van der Waals surface area (Å²) < 4.78 is 37.0. The van der Waals surface area contributed by atoms with Crippen molar-refractivity contribution in [3.05, 3.63) is 53.6 Å². The number of amides is 1. The van der Waals surface area contributed by atoms with E-state index < -0.39 is 10.0 Å². The van der Waals surface area contributed by atoms with Gasteiger partial charge in [0.05, 0.1) is 24.6 Å². The van der Waals surface area contributed by atoms with Crippen molar-refractivity contribution in [3.8, 4) is 11.5 Å². The Kier molecular flexibility index (Phi) is 9.45. The fourth-order valence-corrected chi connectivity index (χ4v) is 3.92. The number of hydrogen-bond acceptors (Lipinski definition) is 5. The van der Waals surface area contributed by atoms with Crippen molar-refractivity contribution in [2.45, 2.75) is 32.8 Å². The number of carbonyl (C=O) groups is 1. The highest BCUT2D eigenvalue weighted by Crippen LogP contribution is 2.24. The molecule has 0 unspecified atom stereocenters. The lowest BCUT2D eigenvalue weighted by molar-refractivity contribution is -0.121. The van der Waals surface area contributed by atoms with E-state index in [0.717, 1.165) is 6.26 Å². The van der Waals surface area contributed by atoms with Crippen molar-refractivity contribution in [2.75, 3.05) is 30.3 Å². The minimum Gasteiger partial charge on any atom is -0.492 e. The third-order valence-electron chi connectivity index (χ3n) is 4.15. The summed E-state index contributed by atoms with van der Waals surface area (Å²) in [7, 11) is -3.50. The molecule has 0 aliphatic carbocycles. The summed E-state index contributed by atoms with van der Waals surface area (Å²) in [5.74, 6) is 1.11. The fourth-order valence-electron chi connectivity index (χ4n) is 2.83. The van der Waals surface area contributed by atoms with E-state index in [1.54, 1.807) is 48.5 Å². The van der Waals surface area contributed by atoms with E-state index in [2.05, 4.69) is 5.32 Å². The van der Waals surface area contributed by atoms with Gasteiger partial charge in [-0.25, -0.2) is 8.42 Å². The summed E-state index contributed by atoms with van der Waals surface area (Å²) in [4.78, 5) is 12.1. The Morgan fingerprint density at radius 3 is 2.48 bits per heavy atom. The molecular formula is C22H29ClN2O5S. The molecule has 0 aromatic heterocycles. The van der Waals surface area contributed by atoms with Crippen molar-refractivity contribution in [3.63, 3.8) is 0 Å². The number of nitrogens with one attached hydrogen (secondary N) is 1. The van der Waals surface area contributed by atoms with E-state index in [1.165, 1.54) is 4.31 Å². The quantitative estimate of drug-likeness (QED) is 0.478. The van der Waals surface area contributed by atoms with Crippen LogP contribution in [0.2, 0.25) is 5.02 Å². The zero-order valence-corrected chi connectivity index (χ0v) is 19.6. The highest BCUT2D eigenvalue weighted by molar-refractivity contribution is 7.92. The van der Waals surface area contributed by atoms with Gasteiger partial charge in [0.25, 0.3) is 0 Å². The van der Waals surface area contributed by atoms with Gasteiger partial charge >= 0.3 is 0 Å². The molecule has 1 amide bonds. The van der Waals surface area contributed by atoms with Gasteiger partial charge in [-0.05, 0) is 56.7 Å². The third kappa shape index (κ3) is 9.06. The molecule has 0 saturated heterocycles. The maximum atomic E-state index is 12.3. The first-order valence-electron chi connectivity index (χ1n) is 10.0. The largest absolute Gasteiger partial charge is 0.492 e. The second kappa shape index (κ2) is 11.8. The Balaban J connectivity index is 1.80. The summed E-state index contributed by atoms with van der Waals surface area (Å²) in [5, 5.41) is 3.40. The first-order valence-corrected chi connectivity index (χ1v) is 12.3. The fraction of sp³-hybridized carbons (Fsp3) is 0.409. The minimum atomic E-state index is -3.50. The standard InChI is InChI=1S/C22H29ClN2O5S/c1-17(2)30-21-7-4-6-19(16-21)25(31(3,27)28)14-5-8-22(26)24-13-15-29-20-11-9-18(23)10-12-20/h4,6-7,9-12,16-17H,5,8,13-15H2,1-3H3,(H,24,26). The molecule has 0 radical (unpaired) electrons. The van der Waals surface area contributed by atoms with Crippen LogP contribution < -0.4 is 19.1 Å². The number of rotatable bonds is 12. The average Bonchev–Trinajstić information content (AvgIpc) is 2.68. The second-order valence-corrected chi connectivity index (χ2v) is 9.60. The molecule has 0 spiro atoms. The number of carbonyl (C=O) groups excluding carboxylic acids is 1. The monoisotopic (exact) mass is 468 g/mol. The van der Waals surface area contributed by atoms with Gasteiger partial charge < -0.3 is 14.8 Å². The van der Waals surface area contributed by atoms with Gasteiger partial charge in [-0.2, -0.15) is 0 Å². The van der Waals surface area contributed by atoms with Crippen molar-refractivity contribution >= 4 is 33.2 Å². The van der Waals surface area contributed by atoms with Gasteiger partial charge in [-0.15, -0.1) is 0 Å². The molecule has 0 atom stereocenters. The van der Waals surface area contributed by atoms with Crippen LogP contribution in [0.3, 0.4) is 0 Å². The van der Waals surface area contributed by atoms with Crippen LogP contribution in [0, 0.1) is 0 Å². The number of nitrogens with zero attached hydrogens (tertiary/aromatic N) is 1. The molecule has 170 valence electrons. The van der Waals surface area contributed by atoms with E-state index in [1.807, 2.05) is 13.8 Å². The minimum absolute atomic E-state index is 0.0192. The molecule has 1 N–H and O–H groups in total. The normalized spacial score (nSPS) is 11.3.